The van der Waals surface area contributed by atoms with E-state index < -0.39 is 0 Å². The number of primary amides is 1. The monoisotopic (exact) mass is 425 g/mol. The van der Waals surface area contributed by atoms with Crippen LogP contribution in [0.2, 0.25) is 0 Å². The molecule has 6 nitrogen and oxygen atoms in total. The number of nitrogens with two attached hydrogens (primary N) is 1. The Bertz CT molecular complexity index is 970. The van der Waals surface area contributed by atoms with Crippen molar-refractivity contribution in [1.82, 2.24) is 9.97 Å². The number of rotatable bonds is 9. The van der Waals surface area contributed by atoms with Gasteiger partial charge in [-0.15, -0.1) is 0 Å². The number of carbonyl (C=O) groups is 1. The molecule has 4 rings (SSSR count). The molecule has 1 saturated carbocycles. The van der Waals surface area contributed by atoms with E-state index in [2.05, 4.69) is 16.0 Å². The van der Waals surface area contributed by atoms with Crippen molar-refractivity contribution in [3.05, 3.63) is 59.2 Å². The highest BCUT2D eigenvalue weighted by Gasteiger charge is 2.27. The van der Waals surface area contributed by atoms with Gasteiger partial charge in [-0.3, -0.25) is 4.79 Å². The van der Waals surface area contributed by atoms with Gasteiger partial charge in [-0.1, -0.05) is 11.6 Å². The zero-order valence-corrected chi connectivity index (χ0v) is 17.7. The van der Waals surface area contributed by atoms with Crippen molar-refractivity contribution in [3.63, 3.8) is 0 Å². The molecule has 1 amide bonds. The summed E-state index contributed by atoms with van der Waals surface area (Å²) in [6.07, 6.45) is 10.1. The number of allylic oxidation sites excluding steroid dienone is 2. The van der Waals surface area contributed by atoms with Crippen molar-refractivity contribution in [2.24, 2.45) is 11.7 Å². The first-order valence-electron chi connectivity index (χ1n) is 10.8. The summed E-state index contributed by atoms with van der Waals surface area (Å²) in [6.45, 7) is 0.578. The van der Waals surface area contributed by atoms with Gasteiger partial charge in [0.15, 0.2) is 0 Å². The van der Waals surface area contributed by atoms with Gasteiger partial charge in [0, 0.05) is 30.7 Å². The third-order valence-electron chi connectivity index (χ3n) is 6.28. The number of halogens is 1. The van der Waals surface area contributed by atoms with Gasteiger partial charge >= 0.3 is 0 Å². The molecule has 2 heterocycles. The van der Waals surface area contributed by atoms with E-state index >= 15 is 0 Å². The lowest BCUT2D eigenvalue weighted by Gasteiger charge is -2.29. The number of amides is 1. The largest absolute Gasteiger partial charge is 0.481 e. The lowest BCUT2D eigenvalue weighted by Crippen LogP contribution is -2.20. The average Bonchev–Trinajstić information content (AvgIpc) is 3.62. The fraction of sp³-hybridized carbons (Fsp3) is 0.458. The van der Waals surface area contributed by atoms with E-state index in [1.54, 1.807) is 19.4 Å². The molecule has 7 heteroatoms. The van der Waals surface area contributed by atoms with Crippen LogP contribution in [0.15, 0.2) is 42.2 Å². The molecule has 2 N–H and O–H groups in total. The minimum absolute atomic E-state index is 0.0190. The molecule has 1 fully saturated rings. The predicted octanol–water partition coefficient (Wildman–Crippen LogP) is 4.27. The highest BCUT2D eigenvalue weighted by atomic mass is 19.1. The summed E-state index contributed by atoms with van der Waals surface area (Å²) in [4.78, 5) is 19.7. The van der Waals surface area contributed by atoms with E-state index in [4.69, 9.17) is 15.2 Å². The highest BCUT2D eigenvalue weighted by Crippen LogP contribution is 2.39. The predicted molar refractivity (Wildman–Crippen MR) is 114 cm³/mol. The molecule has 0 radical (unpaired) electrons. The number of nitrogens with zero attached hydrogens (tertiary/aromatic N) is 2. The maximum atomic E-state index is 14.2. The minimum Gasteiger partial charge on any atom is -0.481 e. The number of hydrogen-bond acceptors (Lipinski definition) is 5. The smallest absolute Gasteiger partial charge is 0.218 e. The summed E-state index contributed by atoms with van der Waals surface area (Å²) >= 11 is 0. The fourth-order valence-corrected chi connectivity index (χ4v) is 4.43. The summed E-state index contributed by atoms with van der Waals surface area (Å²) in [7, 11) is 1.54. The normalized spacial score (nSPS) is 21.2. The van der Waals surface area contributed by atoms with Crippen molar-refractivity contribution < 1.29 is 18.7 Å². The van der Waals surface area contributed by atoms with E-state index in [-0.39, 0.29) is 23.6 Å². The first-order valence-corrected chi connectivity index (χ1v) is 10.8. The van der Waals surface area contributed by atoms with Crippen molar-refractivity contribution in [3.8, 4) is 11.8 Å². The average molecular weight is 426 g/mol. The molecule has 31 heavy (non-hydrogen) atoms. The quantitative estimate of drug-likeness (QED) is 0.607. The van der Waals surface area contributed by atoms with Crippen LogP contribution in [-0.2, 0) is 4.79 Å². The zero-order chi connectivity index (χ0) is 21.8. The fourth-order valence-electron chi connectivity index (χ4n) is 4.43. The van der Waals surface area contributed by atoms with Gasteiger partial charge in [-0.2, -0.15) is 0 Å². The van der Waals surface area contributed by atoms with Crippen LogP contribution in [-0.4, -0.2) is 29.6 Å². The number of aromatic nitrogens is 2. The molecule has 0 unspecified atom stereocenters. The minimum atomic E-state index is -0.308. The summed E-state index contributed by atoms with van der Waals surface area (Å²) < 4.78 is 25.3. The van der Waals surface area contributed by atoms with Crippen LogP contribution in [0.3, 0.4) is 0 Å². The van der Waals surface area contributed by atoms with E-state index in [9.17, 15) is 9.18 Å². The maximum Gasteiger partial charge on any atom is 0.218 e. The maximum absolute atomic E-state index is 14.2. The van der Waals surface area contributed by atoms with E-state index in [0.29, 0.717) is 36.3 Å². The summed E-state index contributed by atoms with van der Waals surface area (Å²) in [5.41, 5.74) is 8.37. The Labute approximate surface area is 181 Å². The van der Waals surface area contributed by atoms with E-state index in [0.717, 1.165) is 37.7 Å². The first kappa shape index (κ1) is 21.3. The summed E-state index contributed by atoms with van der Waals surface area (Å²) in [5.74, 6) is 1.04. The molecule has 2 aromatic rings. The molecular formula is C24H28FN3O3. The van der Waals surface area contributed by atoms with Crippen molar-refractivity contribution in [1.29, 1.82) is 0 Å². The van der Waals surface area contributed by atoms with E-state index in [1.165, 1.54) is 11.8 Å². The number of pyridine rings is 2. The first-order chi connectivity index (χ1) is 15.0. The molecule has 0 spiro atoms. The SMILES string of the molecule is COc1cc(C2CCC(COc3cc([C@@H](CC(N)=O)C4=CC4)ccn3)CC2)c(F)cn1. The Kier molecular flexibility index (Phi) is 6.49. The number of carbonyl (C=O) groups excluding carboxylic acids is 1. The molecule has 1 atom stereocenters. The molecule has 2 aliphatic rings. The third-order valence-corrected chi connectivity index (χ3v) is 6.28. The number of ether oxygens (including phenoxy) is 2. The Hall–Kier alpha value is -2.96. The molecule has 0 aliphatic heterocycles. The Morgan fingerprint density at radius 1 is 1.23 bits per heavy atom. The van der Waals surface area contributed by atoms with Crippen LogP contribution >= 0.6 is 0 Å². The van der Waals surface area contributed by atoms with Gasteiger partial charge in [-0.25, -0.2) is 14.4 Å². The molecule has 0 bridgehead atoms. The lowest BCUT2D eigenvalue weighted by molar-refractivity contribution is -0.118. The van der Waals surface area contributed by atoms with Gasteiger partial charge in [0.1, 0.15) is 5.82 Å². The van der Waals surface area contributed by atoms with Gasteiger partial charge < -0.3 is 15.2 Å². The molecule has 0 saturated heterocycles. The molecule has 164 valence electrons. The second kappa shape index (κ2) is 9.45. The van der Waals surface area contributed by atoms with Gasteiger partial charge in [-0.05, 0) is 61.1 Å². The van der Waals surface area contributed by atoms with Crippen LogP contribution in [0.1, 0.15) is 61.5 Å². The summed E-state index contributed by atoms with van der Waals surface area (Å²) in [5, 5.41) is 0. The van der Waals surface area contributed by atoms with Gasteiger partial charge in [0.05, 0.1) is 19.9 Å². The van der Waals surface area contributed by atoms with Crippen LogP contribution in [0.25, 0.3) is 0 Å². The van der Waals surface area contributed by atoms with Crippen LogP contribution in [0.4, 0.5) is 4.39 Å². The highest BCUT2D eigenvalue weighted by molar-refractivity contribution is 5.75. The zero-order valence-electron chi connectivity index (χ0n) is 17.7. The van der Waals surface area contributed by atoms with Crippen molar-refractivity contribution >= 4 is 5.91 Å². The standard InChI is InChI=1S/C24H28FN3O3/c1-30-23-12-20(21(25)13-28-23)17-4-2-15(3-5-17)14-31-24-10-18(8-9-27-24)19(11-22(26)29)16-6-7-16/h6,8-10,12-13,15,17,19H,2-5,7,11,14H2,1H3,(H2,26,29)/t15?,17?,19-/m0/s1. The second-order valence-electron chi connectivity index (χ2n) is 8.41. The van der Waals surface area contributed by atoms with E-state index in [1.807, 2.05) is 12.1 Å². The topological polar surface area (TPSA) is 87.3 Å². The number of hydrogen-bond donors (Lipinski definition) is 1. The number of methoxy groups -OCH3 is 1. The molecule has 2 aromatic heterocycles. The van der Waals surface area contributed by atoms with Crippen LogP contribution in [0, 0.1) is 11.7 Å². The summed E-state index contributed by atoms with van der Waals surface area (Å²) in [6, 6.07) is 5.55. The molecule has 0 aromatic carbocycles. The molecular weight excluding hydrogens is 397 g/mol. The third kappa shape index (κ3) is 5.40. The van der Waals surface area contributed by atoms with Crippen molar-refractivity contribution in [2.75, 3.05) is 13.7 Å². The van der Waals surface area contributed by atoms with Gasteiger partial charge in [0.25, 0.3) is 0 Å². The van der Waals surface area contributed by atoms with Crippen LogP contribution in [0.5, 0.6) is 11.8 Å². The Morgan fingerprint density at radius 2 is 2.00 bits per heavy atom. The van der Waals surface area contributed by atoms with Gasteiger partial charge in [0.2, 0.25) is 17.7 Å². The Morgan fingerprint density at radius 3 is 2.68 bits per heavy atom. The lowest BCUT2D eigenvalue weighted by atomic mass is 9.79. The Balaban J connectivity index is 1.32. The molecule has 2 aliphatic carbocycles. The second-order valence-corrected chi connectivity index (χ2v) is 8.41. The van der Waals surface area contributed by atoms with Crippen molar-refractivity contribution in [2.45, 2.75) is 50.4 Å². The van der Waals surface area contributed by atoms with Crippen LogP contribution < -0.4 is 15.2 Å².